The summed E-state index contributed by atoms with van der Waals surface area (Å²) in [4.78, 5) is 29.8. The summed E-state index contributed by atoms with van der Waals surface area (Å²) in [6.07, 6.45) is 6.06. The lowest BCUT2D eigenvalue weighted by atomic mass is 9.85. The van der Waals surface area contributed by atoms with Crippen LogP contribution in [0.3, 0.4) is 0 Å². The van der Waals surface area contributed by atoms with Gasteiger partial charge in [0, 0.05) is 32.6 Å². The van der Waals surface area contributed by atoms with Crippen LogP contribution in [0.2, 0.25) is 0 Å². The Balaban J connectivity index is 0.00000243. The van der Waals surface area contributed by atoms with Crippen LogP contribution in [0.1, 0.15) is 51.3 Å². The van der Waals surface area contributed by atoms with E-state index in [1.54, 1.807) is 7.05 Å². The summed E-state index contributed by atoms with van der Waals surface area (Å²) >= 11 is 0. The van der Waals surface area contributed by atoms with Gasteiger partial charge in [0.1, 0.15) is 5.82 Å². The van der Waals surface area contributed by atoms with Crippen LogP contribution in [0.15, 0.2) is 21.2 Å². The van der Waals surface area contributed by atoms with Crippen molar-refractivity contribution in [1.29, 1.82) is 0 Å². The highest BCUT2D eigenvalue weighted by atomic mass is 35.5. The SMILES string of the molecule is CC(C)=CCn1c(C2CCCC(N)C2)nc2c1c(=O)n(C)c(=O)n2C.Cl. The molecule has 0 saturated heterocycles. The standard InChI is InChI=1S/C18H27N5O2.ClH/c1-11(2)8-9-23-14-16(21(3)18(25)22(4)17(14)24)20-15(23)12-6-5-7-13(19)10-12;/h8,12-13H,5-7,9-10,19H2,1-4H3;1H. The van der Waals surface area contributed by atoms with Gasteiger partial charge in [-0.25, -0.2) is 9.78 Å². The van der Waals surface area contributed by atoms with E-state index in [1.165, 1.54) is 17.2 Å². The Bertz CT molecular complexity index is 949. The quantitative estimate of drug-likeness (QED) is 0.821. The molecule has 1 aliphatic carbocycles. The van der Waals surface area contributed by atoms with E-state index in [4.69, 9.17) is 10.7 Å². The lowest BCUT2D eigenvalue weighted by Crippen LogP contribution is -2.37. The molecular formula is C18H28ClN5O2. The van der Waals surface area contributed by atoms with Crippen molar-refractivity contribution in [2.75, 3.05) is 0 Å². The summed E-state index contributed by atoms with van der Waals surface area (Å²) in [6.45, 7) is 4.64. The van der Waals surface area contributed by atoms with E-state index in [0.717, 1.165) is 36.1 Å². The molecule has 2 aromatic heterocycles. The lowest BCUT2D eigenvalue weighted by Gasteiger charge is -2.26. The predicted molar refractivity (Wildman–Crippen MR) is 106 cm³/mol. The van der Waals surface area contributed by atoms with Crippen molar-refractivity contribution in [3.63, 3.8) is 0 Å². The fourth-order valence-corrected chi connectivity index (χ4v) is 3.70. The number of nitrogens with two attached hydrogens (primary N) is 1. The van der Waals surface area contributed by atoms with Gasteiger partial charge in [0.05, 0.1) is 0 Å². The summed E-state index contributed by atoms with van der Waals surface area (Å²) < 4.78 is 4.59. The number of halogens is 1. The maximum atomic E-state index is 12.8. The maximum Gasteiger partial charge on any atom is 0.332 e. The fourth-order valence-electron chi connectivity index (χ4n) is 3.70. The number of aryl methyl sites for hydroxylation is 1. The number of fused-ring (bicyclic) bond motifs is 1. The number of aromatic nitrogens is 4. The Morgan fingerprint density at radius 3 is 2.54 bits per heavy atom. The van der Waals surface area contributed by atoms with Crippen LogP contribution in [0, 0.1) is 0 Å². The van der Waals surface area contributed by atoms with Gasteiger partial charge in [-0.3, -0.25) is 13.9 Å². The number of imidazole rings is 1. The predicted octanol–water partition coefficient (Wildman–Crippen LogP) is 1.81. The van der Waals surface area contributed by atoms with E-state index in [0.29, 0.717) is 17.7 Å². The molecule has 0 bridgehead atoms. The molecule has 7 nitrogen and oxygen atoms in total. The van der Waals surface area contributed by atoms with Crippen molar-refractivity contribution in [1.82, 2.24) is 18.7 Å². The summed E-state index contributed by atoms with van der Waals surface area (Å²) in [6, 6.07) is 0.169. The number of rotatable bonds is 3. The third-order valence-corrected chi connectivity index (χ3v) is 5.14. The van der Waals surface area contributed by atoms with Gasteiger partial charge in [-0.2, -0.15) is 0 Å². The average Bonchev–Trinajstić information content (AvgIpc) is 2.96. The maximum absolute atomic E-state index is 12.8. The molecule has 2 aromatic rings. The molecule has 26 heavy (non-hydrogen) atoms. The van der Waals surface area contributed by atoms with Crippen molar-refractivity contribution in [2.45, 2.75) is 58.0 Å². The summed E-state index contributed by atoms with van der Waals surface area (Å²) in [5, 5.41) is 0. The molecule has 1 saturated carbocycles. The van der Waals surface area contributed by atoms with Crippen molar-refractivity contribution in [2.24, 2.45) is 19.8 Å². The second kappa shape index (κ2) is 7.80. The molecule has 8 heteroatoms. The molecule has 0 spiro atoms. The van der Waals surface area contributed by atoms with Crippen molar-refractivity contribution in [3.05, 3.63) is 38.3 Å². The third kappa shape index (κ3) is 3.50. The summed E-state index contributed by atoms with van der Waals surface area (Å²) in [5.74, 6) is 1.10. The first-order valence-corrected chi connectivity index (χ1v) is 8.86. The summed E-state index contributed by atoms with van der Waals surface area (Å²) in [7, 11) is 3.18. The number of hydrogen-bond donors (Lipinski definition) is 1. The largest absolute Gasteiger partial charge is 0.332 e. The first kappa shape index (κ1) is 20.5. The number of hydrogen-bond acceptors (Lipinski definition) is 4. The zero-order chi connectivity index (χ0) is 18.3. The zero-order valence-electron chi connectivity index (χ0n) is 15.9. The molecule has 0 amide bonds. The van der Waals surface area contributed by atoms with E-state index in [1.807, 2.05) is 18.4 Å². The Morgan fingerprint density at radius 1 is 1.23 bits per heavy atom. The van der Waals surface area contributed by atoms with Crippen LogP contribution < -0.4 is 17.0 Å². The zero-order valence-corrected chi connectivity index (χ0v) is 16.7. The fraction of sp³-hybridized carbons (Fsp3) is 0.611. The topological polar surface area (TPSA) is 87.8 Å². The molecule has 1 fully saturated rings. The molecule has 0 radical (unpaired) electrons. The number of nitrogens with zero attached hydrogens (tertiary/aromatic N) is 4. The minimum absolute atomic E-state index is 0. The van der Waals surface area contributed by atoms with Crippen LogP contribution in [0.4, 0.5) is 0 Å². The molecular weight excluding hydrogens is 354 g/mol. The molecule has 2 unspecified atom stereocenters. The average molecular weight is 382 g/mol. The molecule has 0 aromatic carbocycles. The Labute approximate surface area is 158 Å². The van der Waals surface area contributed by atoms with Crippen LogP contribution in [0.5, 0.6) is 0 Å². The van der Waals surface area contributed by atoms with Crippen LogP contribution in [-0.4, -0.2) is 24.7 Å². The lowest BCUT2D eigenvalue weighted by molar-refractivity contribution is 0.376. The Hall–Kier alpha value is -1.86. The molecule has 2 N–H and O–H groups in total. The van der Waals surface area contributed by atoms with Gasteiger partial charge in [-0.05, 0) is 33.1 Å². The van der Waals surface area contributed by atoms with Crippen molar-refractivity contribution >= 4 is 23.6 Å². The monoisotopic (exact) mass is 381 g/mol. The first-order chi connectivity index (χ1) is 11.8. The van der Waals surface area contributed by atoms with Crippen LogP contribution >= 0.6 is 12.4 Å². The van der Waals surface area contributed by atoms with Gasteiger partial charge >= 0.3 is 5.69 Å². The minimum Gasteiger partial charge on any atom is -0.328 e. The van der Waals surface area contributed by atoms with Gasteiger partial charge in [0.25, 0.3) is 5.56 Å². The smallest absolute Gasteiger partial charge is 0.328 e. The van der Waals surface area contributed by atoms with Crippen LogP contribution in [0.25, 0.3) is 11.2 Å². The third-order valence-electron chi connectivity index (χ3n) is 5.14. The van der Waals surface area contributed by atoms with E-state index in [9.17, 15) is 9.59 Å². The second-order valence-corrected chi connectivity index (χ2v) is 7.36. The first-order valence-electron chi connectivity index (χ1n) is 8.86. The normalized spacial score (nSPS) is 20.0. The van der Waals surface area contributed by atoms with E-state index >= 15 is 0 Å². The number of allylic oxidation sites excluding steroid dienone is 2. The van der Waals surface area contributed by atoms with Gasteiger partial charge < -0.3 is 10.3 Å². The van der Waals surface area contributed by atoms with Gasteiger partial charge in [-0.15, -0.1) is 12.4 Å². The second-order valence-electron chi connectivity index (χ2n) is 7.36. The molecule has 2 heterocycles. The summed E-state index contributed by atoms with van der Waals surface area (Å²) in [5.41, 5.74) is 7.66. The van der Waals surface area contributed by atoms with E-state index in [-0.39, 0.29) is 35.6 Å². The highest BCUT2D eigenvalue weighted by Crippen LogP contribution is 2.32. The van der Waals surface area contributed by atoms with E-state index in [2.05, 4.69) is 6.08 Å². The molecule has 2 atom stereocenters. The highest BCUT2D eigenvalue weighted by Gasteiger charge is 2.27. The molecule has 1 aliphatic rings. The minimum atomic E-state index is -0.351. The Morgan fingerprint density at radius 2 is 1.92 bits per heavy atom. The molecule has 3 rings (SSSR count). The highest BCUT2D eigenvalue weighted by molar-refractivity contribution is 5.85. The van der Waals surface area contributed by atoms with Crippen molar-refractivity contribution in [3.8, 4) is 0 Å². The Kier molecular flexibility index (Phi) is 6.13. The molecule has 0 aliphatic heterocycles. The van der Waals surface area contributed by atoms with Gasteiger partial charge in [0.15, 0.2) is 11.2 Å². The van der Waals surface area contributed by atoms with Crippen molar-refractivity contribution < 1.29 is 0 Å². The van der Waals surface area contributed by atoms with E-state index < -0.39 is 0 Å². The van der Waals surface area contributed by atoms with Gasteiger partial charge in [-0.1, -0.05) is 18.1 Å². The van der Waals surface area contributed by atoms with Gasteiger partial charge in [0.2, 0.25) is 0 Å². The molecule has 144 valence electrons. The van der Waals surface area contributed by atoms with Crippen LogP contribution in [-0.2, 0) is 20.6 Å².